The maximum absolute atomic E-state index is 5.60. The van der Waals surface area contributed by atoms with Crippen LogP contribution in [0, 0.1) is 0 Å². The second kappa shape index (κ2) is 8.24. The van der Waals surface area contributed by atoms with Gasteiger partial charge in [-0.15, -0.1) is 10.2 Å². The van der Waals surface area contributed by atoms with E-state index in [1.807, 2.05) is 19.2 Å². The lowest BCUT2D eigenvalue weighted by Crippen LogP contribution is -2.18. The largest absolute Gasteiger partial charge is 0.494 e. The molecule has 108 valence electrons. The summed E-state index contributed by atoms with van der Waals surface area (Å²) in [6.45, 7) is 2.87. The number of ether oxygens (including phenoxy) is 1. The van der Waals surface area contributed by atoms with Gasteiger partial charge in [-0.3, -0.25) is 0 Å². The highest BCUT2D eigenvalue weighted by Gasteiger charge is 2.11. The summed E-state index contributed by atoms with van der Waals surface area (Å²) < 4.78 is 6.61. The summed E-state index contributed by atoms with van der Waals surface area (Å²) in [5.74, 6) is 1.86. The summed E-state index contributed by atoms with van der Waals surface area (Å²) in [5.41, 5.74) is 3.02. The van der Waals surface area contributed by atoms with E-state index in [4.69, 9.17) is 4.74 Å². The molecule has 1 aromatic heterocycles. The van der Waals surface area contributed by atoms with Crippen LogP contribution in [0.25, 0.3) is 0 Å². The molecule has 6 heteroatoms. The van der Waals surface area contributed by atoms with Crippen molar-refractivity contribution < 1.29 is 4.74 Å². The number of hydrogen-bond acceptors (Lipinski definition) is 6. The highest BCUT2D eigenvalue weighted by Crippen LogP contribution is 2.26. The molecule has 0 aliphatic heterocycles. The van der Waals surface area contributed by atoms with Gasteiger partial charge in [-0.2, -0.15) is 0 Å². The number of aromatic nitrogens is 2. The van der Waals surface area contributed by atoms with Crippen molar-refractivity contribution in [3.8, 4) is 5.75 Å². The van der Waals surface area contributed by atoms with Gasteiger partial charge in [0.1, 0.15) is 11.3 Å². The minimum atomic E-state index is 0.295. The Labute approximate surface area is 128 Å². The molecule has 0 radical (unpaired) electrons. The van der Waals surface area contributed by atoms with E-state index in [-0.39, 0.29) is 0 Å². The lowest BCUT2D eigenvalue weighted by Gasteiger charge is -2.16. The van der Waals surface area contributed by atoms with Crippen LogP contribution in [0.2, 0.25) is 0 Å². The van der Waals surface area contributed by atoms with Crippen molar-refractivity contribution in [2.24, 2.45) is 0 Å². The van der Waals surface area contributed by atoms with Crippen molar-refractivity contribution in [2.75, 3.05) is 19.4 Å². The number of nitrogens with one attached hydrogen (secondary N) is 1. The first-order chi connectivity index (χ1) is 9.83. The highest BCUT2D eigenvalue weighted by atomic mass is 32.2. The monoisotopic (exact) mass is 309 g/mol. The Bertz CT molecular complexity index is 488. The van der Waals surface area contributed by atoms with Crippen LogP contribution in [0.1, 0.15) is 24.9 Å². The maximum atomic E-state index is 5.60. The molecule has 1 unspecified atom stereocenters. The van der Waals surface area contributed by atoms with Crippen LogP contribution in [-0.4, -0.2) is 29.6 Å². The van der Waals surface area contributed by atoms with Crippen LogP contribution < -0.4 is 10.1 Å². The number of hydrogen-bond donors (Lipinski definition) is 1. The molecule has 1 atom stereocenters. The third kappa shape index (κ3) is 4.47. The third-order valence-corrected chi connectivity index (χ3v) is 4.77. The average Bonchev–Trinajstić information content (AvgIpc) is 3.00. The zero-order chi connectivity index (χ0) is 14.2. The highest BCUT2D eigenvalue weighted by molar-refractivity contribution is 8.01. The van der Waals surface area contributed by atoms with E-state index in [0.717, 1.165) is 28.9 Å². The molecule has 1 heterocycles. The quantitative estimate of drug-likeness (QED) is 0.758. The topological polar surface area (TPSA) is 47.0 Å². The molecular formula is C14H19N3OS2. The summed E-state index contributed by atoms with van der Waals surface area (Å²) in [4.78, 5) is 0. The molecule has 1 aromatic carbocycles. The fourth-order valence-electron chi connectivity index (χ4n) is 1.74. The molecule has 1 N–H and O–H groups in total. The standard InChI is InChI=1S/C14H19N3OS2/c1-3-8-18-12-6-4-11(5-7-12)13(15-2)9-19-14-17-16-10-20-14/h4-7,10,13,15H,3,8-9H2,1-2H3. The number of rotatable bonds is 8. The van der Waals surface area contributed by atoms with E-state index < -0.39 is 0 Å². The van der Waals surface area contributed by atoms with Crippen LogP contribution >= 0.6 is 23.1 Å². The van der Waals surface area contributed by atoms with Crippen LogP contribution in [0.3, 0.4) is 0 Å². The lowest BCUT2D eigenvalue weighted by molar-refractivity contribution is 0.317. The van der Waals surface area contributed by atoms with Gasteiger partial charge in [0, 0.05) is 11.8 Å². The van der Waals surface area contributed by atoms with Crippen molar-refractivity contribution in [3.63, 3.8) is 0 Å². The Morgan fingerprint density at radius 1 is 1.35 bits per heavy atom. The van der Waals surface area contributed by atoms with E-state index in [2.05, 4.69) is 34.6 Å². The van der Waals surface area contributed by atoms with Crippen LogP contribution in [-0.2, 0) is 0 Å². The molecule has 0 saturated carbocycles. The first-order valence-corrected chi connectivity index (χ1v) is 8.49. The van der Waals surface area contributed by atoms with E-state index in [9.17, 15) is 0 Å². The molecule has 0 bridgehead atoms. The summed E-state index contributed by atoms with van der Waals surface area (Å²) in [7, 11) is 1.98. The predicted octanol–water partition coefficient (Wildman–Crippen LogP) is 3.38. The van der Waals surface area contributed by atoms with Crippen molar-refractivity contribution in [1.82, 2.24) is 15.5 Å². The van der Waals surface area contributed by atoms with Gasteiger partial charge in [0.25, 0.3) is 0 Å². The van der Waals surface area contributed by atoms with E-state index in [0.29, 0.717) is 6.04 Å². The van der Waals surface area contributed by atoms with E-state index >= 15 is 0 Å². The van der Waals surface area contributed by atoms with Crippen molar-refractivity contribution in [1.29, 1.82) is 0 Å². The molecule has 20 heavy (non-hydrogen) atoms. The molecule has 0 amide bonds. The normalized spacial score (nSPS) is 12.3. The average molecular weight is 309 g/mol. The van der Waals surface area contributed by atoms with Crippen LogP contribution in [0.4, 0.5) is 0 Å². The summed E-state index contributed by atoms with van der Waals surface area (Å²) in [6, 6.07) is 8.60. The minimum absolute atomic E-state index is 0.295. The first kappa shape index (κ1) is 15.3. The third-order valence-electron chi connectivity index (χ3n) is 2.82. The van der Waals surface area contributed by atoms with Gasteiger partial charge >= 0.3 is 0 Å². The summed E-state index contributed by atoms with van der Waals surface area (Å²) in [6.07, 6.45) is 1.03. The van der Waals surface area contributed by atoms with Gasteiger partial charge in [0.05, 0.1) is 6.61 Å². The molecule has 2 aromatic rings. The van der Waals surface area contributed by atoms with Crippen molar-refractivity contribution in [2.45, 2.75) is 23.7 Å². The van der Waals surface area contributed by atoms with Gasteiger partial charge < -0.3 is 10.1 Å². The molecular weight excluding hydrogens is 290 g/mol. The second-order valence-electron chi connectivity index (χ2n) is 4.27. The molecule has 0 spiro atoms. The Hall–Kier alpha value is -1.11. The predicted molar refractivity (Wildman–Crippen MR) is 84.7 cm³/mol. The van der Waals surface area contributed by atoms with Crippen LogP contribution in [0.15, 0.2) is 34.1 Å². The molecule has 0 aliphatic rings. The number of nitrogens with zero attached hydrogens (tertiary/aromatic N) is 2. The fourth-order valence-corrected chi connectivity index (χ4v) is 3.40. The fraction of sp³-hybridized carbons (Fsp3) is 0.429. The molecule has 0 saturated heterocycles. The molecule has 0 fully saturated rings. The number of thioether (sulfide) groups is 1. The van der Waals surface area contributed by atoms with Gasteiger partial charge in [-0.1, -0.05) is 42.2 Å². The Balaban J connectivity index is 1.92. The SMILES string of the molecule is CCCOc1ccc(C(CSc2nncs2)NC)cc1. The van der Waals surface area contributed by atoms with Crippen LogP contribution in [0.5, 0.6) is 5.75 Å². The first-order valence-electron chi connectivity index (χ1n) is 6.62. The van der Waals surface area contributed by atoms with Crippen molar-refractivity contribution >= 4 is 23.1 Å². The molecule has 2 rings (SSSR count). The zero-order valence-corrected chi connectivity index (χ0v) is 13.3. The zero-order valence-electron chi connectivity index (χ0n) is 11.7. The van der Waals surface area contributed by atoms with E-state index in [1.165, 1.54) is 5.56 Å². The van der Waals surface area contributed by atoms with Gasteiger partial charge in [0.15, 0.2) is 4.34 Å². The minimum Gasteiger partial charge on any atom is -0.494 e. The van der Waals surface area contributed by atoms with Gasteiger partial charge in [-0.05, 0) is 31.2 Å². The van der Waals surface area contributed by atoms with Crippen molar-refractivity contribution in [3.05, 3.63) is 35.3 Å². The smallest absolute Gasteiger partial charge is 0.174 e. The second-order valence-corrected chi connectivity index (χ2v) is 6.37. The summed E-state index contributed by atoms with van der Waals surface area (Å²) >= 11 is 3.30. The van der Waals surface area contributed by atoms with E-state index in [1.54, 1.807) is 28.6 Å². The molecule has 4 nitrogen and oxygen atoms in total. The Morgan fingerprint density at radius 3 is 2.75 bits per heavy atom. The lowest BCUT2D eigenvalue weighted by atomic mass is 10.1. The van der Waals surface area contributed by atoms with Gasteiger partial charge in [0.2, 0.25) is 0 Å². The number of benzene rings is 1. The van der Waals surface area contributed by atoms with Gasteiger partial charge in [-0.25, -0.2) is 0 Å². The molecule has 0 aliphatic carbocycles. The Kier molecular flexibility index (Phi) is 6.29. The summed E-state index contributed by atoms with van der Waals surface area (Å²) in [5, 5.41) is 11.2. The maximum Gasteiger partial charge on any atom is 0.174 e. The Morgan fingerprint density at radius 2 is 2.15 bits per heavy atom.